The van der Waals surface area contributed by atoms with Crippen molar-refractivity contribution in [1.29, 1.82) is 0 Å². The van der Waals surface area contributed by atoms with Gasteiger partial charge in [0.2, 0.25) is 0 Å². The maximum Gasteiger partial charge on any atom is 0.338 e. The van der Waals surface area contributed by atoms with Gasteiger partial charge in [-0.05, 0) is 36.2 Å². The number of aliphatic hydroxyl groups is 3. The van der Waals surface area contributed by atoms with Gasteiger partial charge in [0.15, 0.2) is 11.7 Å². The normalized spacial score (nSPS) is 34.5. The van der Waals surface area contributed by atoms with Crippen LogP contribution in [0.4, 0.5) is 0 Å². The van der Waals surface area contributed by atoms with E-state index in [1.165, 1.54) is 13.8 Å². The van der Waals surface area contributed by atoms with Crippen molar-refractivity contribution in [2.24, 2.45) is 28.6 Å². The first-order chi connectivity index (χ1) is 28.8. The molecule has 1 heterocycles. The molecule has 1 saturated heterocycles. The van der Waals surface area contributed by atoms with Crippen molar-refractivity contribution in [3.8, 4) is 0 Å². The second kappa shape index (κ2) is 16.6. The fraction of sp³-hybridized carbons (Fsp3) is 0.511. The second-order valence-corrected chi connectivity index (χ2v) is 18.0. The average molecular weight is 842 g/mol. The highest BCUT2D eigenvalue weighted by Crippen LogP contribution is 2.66. The summed E-state index contributed by atoms with van der Waals surface area (Å²) >= 11 is 0. The molecule has 3 aromatic carbocycles. The Hall–Kier alpha value is -5.15. The Bertz CT molecular complexity index is 2120. The molecule has 0 spiro atoms. The minimum Gasteiger partial charge on any atom is -0.462 e. The van der Waals surface area contributed by atoms with E-state index in [-0.39, 0.29) is 31.4 Å². The number of carbonyl (C=O) groups is 5. The van der Waals surface area contributed by atoms with Gasteiger partial charge in [-0.15, -0.1) is 0 Å². The maximum absolute atomic E-state index is 14.3. The minimum atomic E-state index is -2.17. The summed E-state index contributed by atoms with van der Waals surface area (Å²) in [5, 5.41) is 40.4. The molecule has 3 saturated carbocycles. The standard InChI is InChI=1S/C47H55NO13/c1-26-32(59-43(55)38(52)37(29-16-10-7-11-17-29)48-41(53)30-18-12-8-13-19-30)24-47(56)40(60-42(54)31-20-14-9-15-21-31)39-45(6,23-33(58-27(2)49)36(26)44(47,4)5)34(51)22-35-46(39,25-57-35)61-28(3)50/h7-21,26,32-40,51-52,56H,22-25H2,1-6H3,(H,48,53)/t26?,32-,33-,34-,35+,36?,37-,38+,39-,40-,45+,46-,47-/m0/s1. The fourth-order valence-corrected chi connectivity index (χ4v) is 11.1. The van der Waals surface area contributed by atoms with Crippen LogP contribution in [0.2, 0.25) is 0 Å². The molecule has 61 heavy (non-hydrogen) atoms. The van der Waals surface area contributed by atoms with Crippen LogP contribution in [-0.4, -0.2) is 99.5 Å². The van der Waals surface area contributed by atoms with Gasteiger partial charge in [-0.2, -0.15) is 0 Å². The summed E-state index contributed by atoms with van der Waals surface area (Å²) in [6.45, 7) is 9.43. The van der Waals surface area contributed by atoms with Crippen molar-refractivity contribution < 1.29 is 63.0 Å². The summed E-state index contributed by atoms with van der Waals surface area (Å²) in [5.74, 6) is -6.42. The third-order valence-corrected chi connectivity index (χ3v) is 14.1. The van der Waals surface area contributed by atoms with E-state index >= 15 is 0 Å². The molecule has 1 amide bonds. The Morgan fingerprint density at radius 2 is 1.38 bits per heavy atom. The topological polar surface area (TPSA) is 204 Å². The first-order valence-electron chi connectivity index (χ1n) is 20.8. The maximum atomic E-state index is 14.3. The molecular weight excluding hydrogens is 787 g/mol. The molecule has 0 radical (unpaired) electrons. The van der Waals surface area contributed by atoms with Gasteiger partial charge in [0, 0.05) is 54.9 Å². The van der Waals surface area contributed by atoms with Gasteiger partial charge < -0.3 is 44.3 Å². The third-order valence-electron chi connectivity index (χ3n) is 14.1. The Kier molecular flexibility index (Phi) is 12.0. The lowest BCUT2D eigenvalue weighted by atomic mass is 9.42. The fourth-order valence-electron chi connectivity index (χ4n) is 11.1. The number of benzene rings is 3. The molecule has 3 aliphatic carbocycles. The Morgan fingerprint density at radius 3 is 1.93 bits per heavy atom. The van der Waals surface area contributed by atoms with E-state index in [1.54, 1.807) is 119 Å². The van der Waals surface area contributed by atoms with Crippen LogP contribution in [0.5, 0.6) is 0 Å². The predicted molar refractivity (Wildman–Crippen MR) is 217 cm³/mol. The zero-order valence-corrected chi connectivity index (χ0v) is 35.2. The molecule has 4 N–H and O–H groups in total. The summed E-state index contributed by atoms with van der Waals surface area (Å²) in [6, 6.07) is 23.7. The molecule has 4 aliphatic rings. The SMILES string of the molecule is CC(=O)O[C@H]1C[C@]2(C)[C@@H](O)C[C@H]3OC[C@@]3(OC(C)=O)[C@H]2[C@H](OC(=O)c2ccccc2)[C@@]2(O)C[C@H](OC(=O)[C@H](O)[C@@H](NC(=O)c3ccccc3)c3ccccc3)C(C)C1C2(C)C. The number of fused-ring (bicyclic) bond motifs is 5. The van der Waals surface area contributed by atoms with Gasteiger partial charge in [-0.1, -0.05) is 94.4 Å². The highest BCUT2D eigenvalue weighted by molar-refractivity contribution is 5.95. The van der Waals surface area contributed by atoms with Crippen molar-refractivity contribution in [3.05, 3.63) is 108 Å². The van der Waals surface area contributed by atoms with Gasteiger partial charge >= 0.3 is 23.9 Å². The van der Waals surface area contributed by atoms with Crippen molar-refractivity contribution in [3.63, 3.8) is 0 Å². The number of aliphatic hydroxyl groups excluding tert-OH is 2. The summed E-state index contributed by atoms with van der Waals surface area (Å²) in [7, 11) is 0. The monoisotopic (exact) mass is 841 g/mol. The van der Waals surface area contributed by atoms with Gasteiger partial charge in [0.25, 0.3) is 5.91 Å². The minimum absolute atomic E-state index is 0.0348. The molecule has 7 rings (SSSR count). The number of nitrogens with one attached hydrogen (secondary N) is 1. The van der Waals surface area contributed by atoms with E-state index in [1.807, 2.05) is 0 Å². The molecular formula is C47H55NO13. The summed E-state index contributed by atoms with van der Waals surface area (Å²) < 4.78 is 31.0. The summed E-state index contributed by atoms with van der Waals surface area (Å²) in [4.78, 5) is 68.1. The van der Waals surface area contributed by atoms with Gasteiger partial charge in [-0.25, -0.2) is 9.59 Å². The number of carbonyl (C=O) groups excluding carboxylic acids is 5. The van der Waals surface area contributed by atoms with E-state index in [0.717, 1.165) is 0 Å². The van der Waals surface area contributed by atoms with Crippen LogP contribution >= 0.6 is 0 Å². The highest BCUT2D eigenvalue weighted by Gasteiger charge is 2.77. The van der Waals surface area contributed by atoms with E-state index in [9.17, 15) is 39.3 Å². The van der Waals surface area contributed by atoms with Crippen molar-refractivity contribution in [1.82, 2.24) is 5.32 Å². The Labute approximate surface area is 354 Å². The number of rotatable bonds is 10. The molecule has 326 valence electrons. The first-order valence-corrected chi connectivity index (χ1v) is 20.8. The van der Waals surface area contributed by atoms with Gasteiger partial charge in [-0.3, -0.25) is 14.4 Å². The zero-order chi connectivity index (χ0) is 44.1. The molecule has 2 bridgehead atoms. The average Bonchev–Trinajstić information content (AvgIpc) is 3.22. The van der Waals surface area contributed by atoms with Crippen LogP contribution in [0.25, 0.3) is 0 Å². The molecule has 3 aromatic rings. The number of esters is 4. The van der Waals surface area contributed by atoms with Crippen molar-refractivity contribution in [2.45, 2.75) is 115 Å². The summed E-state index contributed by atoms with van der Waals surface area (Å²) in [5.41, 5.74) is -5.43. The predicted octanol–water partition coefficient (Wildman–Crippen LogP) is 4.49. The van der Waals surface area contributed by atoms with Gasteiger partial charge in [0.05, 0.1) is 30.2 Å². The molecule has 0 aromatic heterocycles. The number of amides is 1. The van der Waals surface area contributed by atoms with Crippen LogP contribution in [0.15, 0.2) is 91.0 Å². The van der Waals surface area contributed by atoms with Gasteiger partial charge in [0.1, 0.15) is 30.0 Å². The Balaban J connectivity index is 1.34. The van der Waals surface area contributed by atoms with E-state index in [0.29, 0.717) is 11.1 Å². The quantitative estimate of drug-likeness (QED) is 0.164. The second-order valence-electron chi connectivity index (χ2n) is 18.0. The lowest BCUT2D eigenvalue weighted by molar-refractivity contribution is -0.366. The highest BCUT2D eigenvalue weighted by atomic mass is 16.6. The largest absolute Gasteiger partial charge is 0.462 e. The number of ether oxygens (including phenoxy) is 5. The number of hydrogen-bond acceptors (Lipinski definition) is 13. The van der Waals surface area contributed by atoms with Crippen LogP contribution in [0.3, 0.4) is 0 Å². The summed E-state index contributed by atoms with van der Waals surface area (Å²) in [6.07, 6.45) is -8.11. The van der Waals surface area contributed by atoms with Crippen molar-refractivity contribution in [2.75, 3.05) is 6.61 Å². The van der Waals surface area contributed by atoms with E-state index in [4.69, 9.17) is 23.7 Å². The molecule has 14 heteroatoms. The van der Waals surface area contributed by atoms with Crippen LogP contribution < -0.4 is 5.32 Å². The number of hydrogen-bond donors (Lipinski definition) is 4. The molecule has 14 nitrogen and oxygen atoms in total. The third kappa shape index (κ3) is 7.72. The van der Waals surface area contributed by atoms with Crippen LogP contribution in [0, 0.1) is 28.6 Å². The van der Waals surface area contributed by atoms with Crippen LogP contribution in [-0.2, 0) is 38.1 Å². The van der Waals surface area contributed by atoms with E-state index < -0.39 is 112 Å². The molecule has 13 atom stereocenters. The molecule has 1 aliphatic heterocycles. The smallest absolute Gasteiger partial charge is 0.338 e. The first kappa shape index (κ1) is 43.9. The van der Waals surface area contributed by atoms with E-state index in [2.05, 4.69) is 5.32 Å². The Morgan fingerprint density at radius 1 is 0.787 bits per heavy atom. The lowest BCUT2D eigenvalue weighted by Gasteiger charge is -2.69. The molecule has 4 fully saturated rings. The van der Waals surface area contributed by atoms with Crippen LogP contribution in [0.1, 0.15) is 93.1 Å². The zero-order valence-electron chi connectivity index (χ0n) is 35.2. The van der Waals surface area contributed by atoms with Crippen molar-refractivity contribution >= 4 is 29.8 Å². The lowest BCUT2D eigenvalue weighted by Crippen LogP contribution is -2.81. The molecule has 2 unspecified atom stereocenters.